The fourth-order valence-corrected chi connectivity index (χ4v) is 1.17. The summed E-state index contributed by atoms with van der Waals surface area (Å²) in [6.07, 6.45) is 2.44. The van der Waals surface area contributed by atoms with E-state index in [9.17, 15) is 4.39 Å². The molecule has 1 aliphatic carbocycles. The van der Waals surface area contributed by atoms with E-state index in [-0.39, 0.29) is 5.82 Å². The smallest absolute Gasteiger partial charge is 0.144 e. The van der Waals surface area contributed by atoms with Crippen molar-refractivity contribution in [3.8, 4) is 0 Å². The summed E-state index contributed by atoms with van der Waals surface area (Å²) in [5.74, 6) is 0.420. The molecular weight excluding hydrogens is 141 g/mol. The van der Waals surface area contributed by atoms with Crippen molar-refractivity contribution >= 4 is 0 Å². The molecule has 0 aliphatic heterocycles. The third-order valence-electron chi connectivity index (χ3n) is 2.04. The molecule has 0 bridgehead atoms. The standard InChI is InChI=1S/C9H10FN/c1-6-8(10)4-5-9(11-6)7-2-3-7/h4-5,7H,2-3H2,1H3. The Hall–Kier alpha value is -0.920. The summed E-state index contributed by atoms with van der Waals surface area (Å²) in [6, 6.07) is 3.30. The van der Waals surface area contributed by atoms with E-state index in [2.05, 4.69) is 4.98 Å². The largest absolute Gasteiger partial charge is 0.255 e. The second-order valence-corrected chi connectivity index (χ2v) is 3.08. The van der Waals surface area contributed by atoms with Crippen LogP contribution in [0.2, 0.25) is 0 Å². The number of rotatable bonds is 1. The fourth-order valence-electron chi connectivity index (χ4n) is 1.17. The van der Waals surface area contributed by atoms with Gasteiger partial charge in [0.2, 0.25) is 0 Å². The van der Waals surface area contributed by atoms with E-state index in [1.54, 1.807) is 13.0 Å². The summed E-state index contributed by atoms with van der Waals surface area (Å²) in [7, 11) is 0. The molecular formula is C9H10FN. The van der Waals surface area contributed by atoms with Crippen molar-refractivity contribution in [2.75, 3.05) is 0 Å². The Morgan fingerprint density at radius 1 is 1.45 bits per heavy atom. The average molecular weight is 151 g/mol. The monoisotopic (exact) mass is 151 g/mol. The van der Waals surface area contributed by atoms with Crippen LogP contribution >= 0.6 is 0 Å². The second-order valence-electron chi connectivity index (χ2n) is 3.08. The first-order valence-corrected chi connectivity index (χ1v) is 3.90. The lowest BCUT2D eigenvalue weighted by Crippen LogP contribution is -1.92. The van der Waals surface area contributed by atoms with Crippen LogP contribution in [0, 0.1) is 12.7 Å². The van der Waals surface area contributed by atoms with Crippen LogP contribution in [0.1, 0.15) is 30.1 Å². The molecule has 11 heavy (non-hydrogen) atoms. The molecule has 2 rings (SSSR count). The van der Waals surface area contributed by atoms with Crippen molar-refractivity contribution in [3.05, 3.63) is 29.3 Å². The van der Waals surface area contributed by atoms with Gasteiger partial charge in [0.1, 0.15) is 5.82 Å². The highest BCUT2D eigenvalue weighted by atomic mass is 19.1. The Balaban J connectivity index is 2.36. The van der Waals surface area contributed by atoms with Crippen LogP contribution in [0.25, 0.3) is 0 Å². The third kappa shape index (κ3) is 1.25. The van der Waals surface area contributed by atoms with Crippen molar-refractivity contribution in [2.24, 2.45) is 0 Å². The lowest BCUT2D eigenvalue weighted by atomic mass is 10.2. The maximum Gasteiger partial charge on any atom is 0.144 e. The van der Waals surface area contributed by atoms with Crippen LogP contribution in [-0.4, -0.2) is 4.98 Å². The first-order chi connectivity index (χ1) is 5.27. The van der Waals surface area contributed by atoms with Crippen LogP contribution in [0.4, 0.5) is 4.39 Å². The zero-order valence-corrected chi connectivity index (χ0v) is 6.47. The van der Waals surface area contributed by atoms with E-state index in [0.717, 1.165) is 5.69 Å². The van der Waals surface area contributed by atoms with Gasteiger partial charge in [-0.05, 0) is 31.9 Å². The van der Waals surface area contributed by atoms with E-state index < -0.39 is 0 Å². The first-order valence-electron chi connectivity index (χ1n) is 3.90. The number of hydrogen-bond acceptors (Lipinski definition) is 1. The van der Waals surface area contributed by atoms with Gasteiger partial charge in [-0.1, -0.05) is 0 Å². The number of hydrogen-bond donors (Lipinski definition) is 0. The maximum atomic E-state index is 12.7. The van der Waals surface area contributed by atoms with Gasteiger partial charge in [-0.15, -0.1) is 0 Å². The van der Waals surface area contributed by atoms with Gasteiger partial charge in [0, 0.05) is 11.6 Å². The SMILES string of the molecule is Cc1nc(C2CC2)ccc1F. The van der Waals surface area contributed by atoms with Gasteiger partial charge < -0.3 is 0 Å². The molecule has 0 aromatic carbocycles. The molecule has 0 spiro atoms. The molecule has 1 aromatic heterocycles. The molecule has 0 unspecified atom stereocenters. The number of aryl methyl sites for hydroxylation is 1. The van der Waals surface area contributed by atoms with E-state index >= 15 is 0 Å². The van der Waals surface area contributed by atoms with Crippen LogP contribution in [0.5, 0.6) is 0 Å². The van der Waals surface area contributed by atoms with Crippen LogP contribution in [0.15, 0.2) is 12.1 Å². The van der Waals surface area contributed by atoms with E-state index in [1.807, 2.05) is 0 Å². The lowest BCUT2D eigenvalue weighted by Gasteiger charge is -1.98. The fraction of sp³-hybridized carbons (Fsp3) is 0.444. The third-order valence-corrected chi connectivity index (χ3v) is 2.04. The minimum absolute atomic E-state index is 0.200. The quantitative estimate of drug-likeness (QED) is 0.600. The van der Waals surface area contributed by atoms with Gasteiger partial charge in [-0.3, -0.25) is 4.98 Å². The van der Waals surface area contributed by atoms with Gasteiger partial charge in [-0.2, -0.15) is 0 Å². The predicted octanol–water partition coefficient (Wildman–Crippen LogP) is 2.41. The van der Waals surface area contributed by atoms with E-state index in [4.69, 9.17) is 0 Å². The lowest BCUT2D eigenvalue weighted by molar-refractivity contribution is 0.607. The Bertz CT molecular complexity index is 279. The highest BCUT2D eigenvalue weighted by Crippen LogP contribution is 2.38. The summed E-state index contributed by atoms with van der Waals surface area (Å²) in [6.45, 7) is 1.71. The summed E-state index contributed by atoms with van der Waals surface area (Å²) in [4.78, 5) is 4.16. The zero-order valence-electron chi connectivity index (χ0n) is 6.47. The first kappa shape index (κ1) is 6.77. The molecule has 1 aliphatic rings. The van der Waals surface area contributed by atoms with Crippen molar-refractivity contribution in [3.63, 3.8) is 0 Å². The molecule has 0 atom stereocenters. The van der Waals surface area contributed by atoms with Crippen molar-refractivity contribution in [2.45, 2.75) is 25.7 Å². The number of halogens is 1. The minimum atomic E-state index is -0.200. The van der Waals surface area contributed by atoms with Gasteiger partial charge in [-0.25, -0.2) is 4.39 Å². The molecule has 2 heteroatoms. The highest BCUT2D eigenvalue weighted by molar-refractivity contribution is 5.18. The van der Waals surface area contributed by atoms with Crippen molar-refractivity contribution in [1.82, 2.24) is 4.98 Å². The topological polar surface area (TPSA) is 12.9 Å². The molecule has 0 radical (unpaired) electrons. The molecule has 0 amide bonds. The summed E-state index contributed by atoms with van der Waals surface area (Å²) in [5, 5.41) is 0. The molecule has 1 fully saturated rings. The van der Waals surface area contributed by atoms with E-state index in [1.165, 1.54) is 18.9 Å². The zero-order chi connectivity index (χ0) is 7.84. The average Bonchev–Trinajstić information content (AvgIpc) is 2.77. The van der Waals surface area contributed by atoms with Gasteiger partial charge in [0.25, 0.3) is 0 Å². The molecule has 1 saturated carbocycles. The highest BCUT2D eigenvalue weighted by Gasteiger charge is 2.24. The summed E-state index contributed by atoms with van der Waals surface area (Å²) >= 11 is 0. The summed E-state index contributed by atoms with van der Waals surface area (Å²) < 4.78 is 12.7. The molecule has 0 saturated heterocycles. The summed E-state index contributed by atoms with van der Waals surface area (Å²) in [5.41, 5.74) is 1.58. The molecule has 1 aromatic rings. The Labute approximate surface area is 65.3 Å². The Morgan fingerprint density at radius 2 is 2.18 bits per heavy atom. The molecule has 0 N–H and O–H groups in total. The molecule has 58 valence electrons. The second kappa shape index (κ2) is 2.29. The Morgan fingerprint density at radius 3 is 2.73 bits per heavy atom. The normalized spacial score (nSPS) is 16.9. The van der Waals surface area contributed by atoms with Crippen molar-refractivity contribution in [1.29, 1.82) is 0 Å². The van der Waals surface area contributed by atoms with Crippen LogP contribution in [-0.2, 0) is 0 Å². The van der Waals surface area contributed by atoms with Crippen molar-refractivity contribution < 1.29 is 4.39 Å². The van der Waals surface area contributed by atoms with Crippen LogP contribution in [0.3, 0.4) is 0 Å². The molecule has 1 nitrogen and oxygen atoms in total. The maximum absolute atomic E-state index is 12.7. The minimum Gasteiger partial charge on any atom is -0.255 e. The number of nitrogens with zero attached hydrogens (tertiary/aromatic N) is 1. The Kier molecular flexibility index (Phi) is 1.41. The number of pyridine rings is 1. The predicted molar refractivity (Wildman–Crippen MR) is 40.9 cm³/mol. The number of aromatic nitrogens is 1. The van der Waals surface area contributed by atoms with Gasteiger partial charge >= 0.3 is 0 Å². The van der Waals surface area contributed by atoms with Crippen LogP contribution < -0.4 is 0 Å². The van der Waals surface area contributed by atoms with Gasteiger partial charge in [0.05, 0.1) is 5.69 Å². The van der Waals surface area contributed by atoms with Gasteiger partial charge in [0.15, 0.2) is 0 Å². The molecule has 1 heterocycles. The van der Waals surface area contributed by atoms with E-state index in [0.29, 0.717) is 11.6 Å².